The molecule has 1 aromatic heterocycles. The normalized spacial score (nSPS) is 16.0. The Labute approximate surface area is 191 Å². The predicted octanol–water partition coefficient (Wildman–Crippen LogP) is 3.93. The molecular formula is C25H24N4O2S. The minimum absolute atomic E-state index is 0.0524. The van der Waals surface area contributed by atoms with E-state index >= 15 is 0 Å². The maximum Gasteiger partial charge on any atom is 0.276 e. The number of hydrogen-bond acceptors (Lipinski definition) is 4. The fourth-order valence-electron chi connectivity index (χ4n) is 5.13. The molecule has 3 aromatic rings. The van der Waals surface area contributed by atoms with E-state index in [1.54, 1.807) is 24.3 Å². The summed E-state index contributed by atoms with van der Waals surface area (Å²) in [5, 5.41) is 2.68. The number of amides is 1. The molecule has 0 saturated heterocycles. The van der Waals surface area contributed by atoms with Gasteiger partial charge in [0.1, 0.15) is 6.33 Å². The molecule has 1 fully saturated rings. The second kappa shape index (κ2) is 8.31. The topological polar surface area (TPSA) is 76.0 Å². The Hall–Kier alpha value is -3.32. The molecule has 0 atom stereocenters. The second-order valence-electron chi connectivity index (χ2n) is 8.58. The van der Waals surface area contributed by atoms with Crippen molar-refractivity contribution in [3.8, 4) is 11.3 Å². The SMILES string of the molecule is O=C(NC(=S)Nn1cnc2c(c1=O)C1(CCCCC1)Cc1ccccc1-2)c1ccccc1. The van der Waals surface area contributed by atoms with E-state index < -0.39 is 0 Å². The van der Waals surface area contributed by atoms with Crippen LogP contribution in [-0.4, -0.2) is 20.7 Å². The van der Waals surface area contributed by atoms with E-state index in [-0.39, 0.29) is 22.0 Å². The lowest BCUT2D eigenvalue weighted by Gasteiger charge is -2.41. The average molecular weight is 445 g/mol. The van der Waals surface area contributed by atoms with Crippen molar-refractivity contribution in [3.63, 3.8) is 0 Å². The van der Waals surface area contributed by atoms with Crippen LogP contribution >= 0.6 is 12.2 Å². The molecule has 2 N–H and O–H groups in total. The molecule has 2 aliphatic carbocycles. The van der Waals surface area contributed by atoms with Gasteiger partial charge in [-0.3, -0.25) is 20.3 Å². The smallest absolute Gasteiger partial charge is 0.276 e. The summed E-state index contributed by atoms with van der Waals surface area (Å²) in [5.74, 6) is -0.334. The van der Waals surface area contributed by atoms with Gasteiger partial charge >= 0.3 is 0 Å². The monoisotopic (exact) mass is 444 g/mol. The van der Waals surface area contributed by atoms with Gasteiger partial charge in [0.05, 0.1) is 11.3 Å². The van der Waals surface area contributed by atoms with E-state index in [1.165, 1.54) is 23.0 Å². The molecule has 6 nitrogen and oxygen atoms in total. The van der Waals surface area contributed by atoms with Crippen molar-refractivity contribution < 1.29 is 4.79 Å². The van der Waals surface area contributed by atoms with Crippen LogP contribution < -0.4 is 16.3 Å². The Morgan fingerprint density at radius 1 is 1.00 bits per heavy atom. The Bertz CT molecular complexity index is 1250. The highest BCUT2D eigenvalue weighted by molar-refractivity contribution is 7.80. The number of nitrogens with zero attached hydrogens (tertiary/aromatic N) is 2. The van der Waals surface area contributed by atoms with Crippen molar-refractivity contribution in [3.05, 3.63) is 88.0 Å². The van der Waals surface area contributed by atoms with Gasteiger partial charge in [-0.25, -0.2) is 9.66 Å². The van der Waals surface area contributed by atoms with Gasteiger partial charge in [0.15, 0.2) is 5.11 Å². The molecule has 1 saturated carbocycles. The van der Waals surface area contributed by atoms with Gasteiger partial charge in [-0.15, -0.1) is 0 Å². The van der Waals surface area contributed by atoms with Crippen LogP contribution in [0.25, 0.3) is 11.3 Å². The highest BCUT2D eigenvalue weighted by atomic mass is 32.1. The van der Waals surface area contributed by atoms with Gasteiger partial charge in [-0.2, -0.15) is 0 Å². The molecule has 0 bridgehead atoms. The average Bonchev–Trinajstić information content (AvgIpc) is 2.81. The predicted molar refractivity (Wildman–Crippen MR) is 128 cm³/mol. The summed E-state index contributed by atoms with van der Waals surface area (Å²) in [5.41, 5.74) is 6.81. The number of carbonyl (C=O) groups excluding carboxylic acids is 1. The Balaban J connectivity index is 1.49. The van der Waals surface area contributed by atoms with E-state index in [0.717, 1.165) is 48.9 Å². The lowest BCUT2D eigenvalue weighted by atomic mass is 9.62. The van der Waals surface area contributed by atoms with Crippen LogP contribution in [0.3, 0.4) is 0 Å². The van der Waals surface area contributed by atoms with Gasteiger partial charge < -0.3 is 0 Å². The first kappa shape index (κ1) is 20.6. The van der Waals surface area contributed by atoms with E-state index in [4.69, 9.17) is 12.2 Å². The second-order valence-corrected chi connectivity index (χ2v) is 8.99. The quantitative estimate of drug-likeness (QED) is 0.586. The van der Waals surface area contributed by atoms with Gasteiger partial charge in [0, 0.05) is 16.5 Å². The Morgan fingerprint density at radius 3 is 2.50 bits per heavy atom. The third-order valence-corrected chi connectivity index (χ3v) is 6.79. The van der Waals surface area contributed by atoms with E-state index in [9.17, 15) is 9.59 Å². The summed E-state index contributed by atoms with van der Waals surface area (Å²) in [6, 6.07) is 17.0. The van der Waals surface area contributed by atoms with Crippen molar-refractivity contribution in [1.29, 1.82) is 0 Å². The zero-order valence-electron chi connectivity index (χ0n) is 17.6. The zero-order chi connectivity index (χ0) is 22.1. The number of fused-ring (bicyclic) bond motifs is 4. The van der Waals surface area contributed by atoms with Crippen LogP contribution in [0.1, 0.15) is 53.6 Å². The summed E-state index contributed by atoms with van der Waals surface area (Å²) < 4.78 is 1.30. The summed E-state index contributed by atoms with van der Waals surface area (Å²) >= 11 is 5.31. The van der Waals surface area contributed by atoms with Crippen molar-refractivity contribution in [2.24, 2.45) is 0 Å². The minimum Gasteiger partial charge on any atom is -0.298 e. The lowest BCUT2D eigenvalue weighted by Crippen LogP contribution is -2.47. The Kier molecular flexibility index (Phi) is 5.35. The molecule has 0 aliphatic heterocycles. The highest BCUT2D eigenvalue weighted by Gasteiger charge is 2.42. The van der Waals surface area contributed by atoms with Crippen molar-refractivity contribution in [2.75, 3.05) is 5.43 Å². The third kappa shape index (κ3) is 3.62. The molecule has 7 heteroatoms. The molecular weight excluding hydrogens is 420 g/mol. The number of thiocarbonyl (C=S) groups is 1. The molecule has 1 heterocycles. The largest absolute Gasteiger partial charge is 0.298 e. The first-order chi connectivity index (χ1) is 15.6. The molecule has 5 rings (SSSR count). The van der Waals surface area contributed by atoms with Crippen molar-refractivity contribution >= 4 is 23.2 Å². The van der Waals surface area contributed by atoms with Crippen LogP contribution in [0.5, 0.6) is 0 Å². The van der Waals surface area contributed by atoms with E-state index in [0.29, 0.717) is 5.56 Å². The summed E-state index contributed by atoms with van der Waals surface area (Å²) in [6.07, 6.45) is 7.67. The fourth-order valence-corrected chi connectivity index (χ4v) is 5.32. The standard InChI is InChI=1S/C25H24N4O2S/c30-22(17-9-3-1-4-10-17)27-24(32)28-29-16-26-21-19-12-6-5-11-18(19)15-25(20(21)23(29)31)13-7-2-8-14-25/h1,3-6,9-12,16H,2,7-8,13-15H2,(H2,27,28,30,32). The van der Waals surface area contributed by atoms with Gasteiger partial charge in [-0.1, -0.05) is 61.7 Å². The van der Waals surface area contributed by atoms with E-state index in [1.807, 2.05) is 18.2 Å². The Morgan fingerprint density at radius 2 is 1.72 bits per heavy atom. The minimum atomic E-state index is -0.334. The molecule has 162 valence electrons. The molecule has 1 spiro atoms. The zero-order valence-corrected chi connectivity index (χ0v) is 18.5. The summed E-state index contributed by atoms with van der Waals surface area (Å²) in [7, 11) is 0. The van der Waals surface area contributed by atoms with Gasteiger partial charge in [0.2, 0.25) is 0 Å². The molecule has 0 radical (unpaired) electrons. The van der Waals surface area contributed by atoms with Crippen LogP contribution in [0.4, 0.5) is 0 Å². The number of benzene rings is 2. The number of carbonyl (C=O) groups is 1. The van der Waals surface area contributed by atoms with Gasteiger partial charge in [0.25, 0.3) is 11.5 Å². The third-order valence-electron chi connectivity index (χ3n) is 6.60. The summed E-state index contributed by atoms with van der Waals surface area (Å²) in [4.78, 5) is 30.8. The fraction of sp³-hybridized carbons (Fsp3) is 0.280. The van der Waals surface area contributed by atoms with Crippen molar-refractivity contribution in [2.45, 2.75) is 43.9 Å². The van der Waals surface area contributed by atoms with Crippen LogP contribution in [0.2, 0.25) is 0 Å². The molecule has 2 aromatic carbocycles. The van der Waals surface area contributed by atoms with Crippen LogP contribution in [-0.2, 0) is 11.8 Å². The number of rotatable bonds is 2. The first-order valence-corrected chi connectivity index (χ1v) is 11.4. The van der Waals surface area contributed by atoms with Crippen molar-refractivity contribution in [1.82, 2.24) is 15.0 Å². The van der Waals surface area contributed by atoms with Crippen LogP contribution in [0.15, 0.2) is 65.7 Å². The van der Waals surface area contributed by atoms with E-state index in [2.05, 4.69) is 27.9 Å². The summed E-state index contributed by atoms with van der Waals surface area (Å²) in [6.45, 7) is 0. The number of nitrogens with one attached hydrogen (secondary N) is 2. The molecule has 32 heavy (non-hydrogen) atoms. The number of hydrogen-bond donors (Lipinski definition) is 2. The number of aromatic nitrogens is 2. The maximum atomic E-state index is 13.7. The lowest BCUT2D eigenvalue weighted by molar-refractivity contribution is 0.0977. The maximum absolute atomic E-state index is 13.7. The van der Waals surface area contributed by atoms with Crippen LogP contribution in [0, 0.1) is 0 Å². The molecule has 2 aliphatic rings. The first-order valence-electron chi connectivity index (χ1n) is 11.0. The molecule has 1 amide bonds. The molecule has 0 unspecified atom stereocenters. The highest BCUT2D eigenvalue weighted by Crippen LogP contribution is 2.48. The van der Waals surface area contributed by atoms with Gasteiger partial charge in [-0.05, 0) is 49.2 Å².